The number of aliphatic hydroxyl groups excluding tert-OH is 1. The number of methoxy groups -OCH3 is 1. The number of hydrogen-bond acceptors (Lipinski definition) is 4. The second kappa shape index (κ2) is 5.58. The van der Waals surface area contributed by atoms with E-state index in [4.69, 9.17) is 15.6 Å². The van der Waals surface area contributed by atoms with Gasteiger partial charge < -0.3 is 20.7 Å². The zero-order valence-electron chi connectivity index (χ0n) is 8.81. The van der Waals surface area contributed by atoms with E-state index in [-0.39, 0.29) is 18.4 Å². The maximum atomic E-state index is 9.67. The molecule has 4 heteroatoms. The predicted octanol–water partition coefficient (Wildman–Crippen LogP) is 1.17. The molecular weight excluding hydrogens is 194 g/mol. The fraction of sp³-hybridized carbons (Fsp3) is 0.455. The van der Waals surface area contributed by atoms with Crippen LogP contribution in [-0.4, -0.2) is 23.9 Å². The Labute approximate surface area is 89.3 Å². The third-order valence-corrected chi connectivity index (χ3v) is 2.31. The molecule has 1 aromatic rings. The smallest absolute Gasteiger partial charge is 0.124 e. The lowest BCUT2D eigenvalue weighted by Gasteiger charge is -2.13. The van der Waals surface area contributed by atoms with Gasteiger partial charge in [0, 0.05) is 24.3 Å². The van der Waals surface area contributed by atoms with Crippen LogP contribution >= 0.6 is 0 Å². The van der Waals surface area contributed by atoms with E-state index in [9.17, 15) is 5.11 Å². The molecule has 15 heavy (non-hydrogen) atoms. The van der Waals surface area contributed by atoms with Crippen LogP contribution in [0.15, 0.2) is 18.2 Å². The molecule has 1 atom stereocenters. The lowest BCUT2D eigenvalue weighted by molar-refractivity contribution is 0.279. The summed E-state index contributed by atoms with van der Waals surface area (Å²) in [5.74, 6) is 0.741. The Morgan fingerprint density at radius 3 is 2.73 bits per heavy atom. The van der Waals surface area contributed by atoms with Crippen molar-refractivity contribution in [2.24, 2.45) is 5.73 Å². The molecule has 0 saturated heterocycles. The van der Waals surface area contributed by atoms with Crippen LogP contribution in [-0.2, 0) is 0 Å². The number of aromatic hydroxyl groups is 1. The summed E-state index contributed by atoms with van der Waals surface area (Å²) in [7, 11) is 1.54. The molecule has 0 bridgehead atoms. The number of rotatable bonds is 5. The summed E-state index contributed by atoms with van der Waals surface area (Å²) >= 11 is 0. The maximum absolute atomic E-state index is 9.67. The Balaban J connectivity index is 2.76. The van der Waals surface area contributed by atoms with Gasteiger partial charge in [0.1, 0.15) is 11.5 Å². The Morgan fingerprint density at radius 1 is 1.47 bits per heavy atom. The molecule has 84 valence electrons. The number of phenols is 1. The van der Waals surface area contributed by atoms with Crippen LogP contribution in [0, 0.1) is 0 Å². The molecule has 0 saturated carbocycles. The van der Waals surface area contributed by atoms with Gasteiger partial charge in [0.2, 0.25) is 0 Å². The number of aliphatic hydroxyl groups is 1. The zero-order valence-corrected chi connectivity index (χ0v) is 8.81. The van der Waals surface area contributed by atoms with Crippen molar-refractivity contribution in [3.05, 3.63) is 23.8 Å². The van der Waals surface area contributed by atoms with E-state index >= 15 is 0 Å². The maximum Gasteiger partial charge on any atom is 0.124 e. The summed E-state index contributed by atoms with van der Waals surface area (Å²) in [5.41, 5.74) is 6.55. The van der Waals surface area contributed by atoms with Crippen molar-refractivity contribution in [2.45, 2.75) is 18.9 Å². The van der Waals surface area contributed by atoms with Crippen molar-refractivity contribution < 1.29 is 14.9 Å². The lowest BCUT2D eigenvalue weighted by atomic mass is 10.0. The summed E-state index contributed by atoms with van der Waals surface area (Å²) in [4.78, 5) is 0. The molecule has 4 N–H and O–H groups in total. The highest BCUT2D eigenvalue weighted by Crippen LogP contribution is 2.29. The molecule has 0 spiro atoms. The normalized spacial score (nSPS) is 12.5. The highest BCUT2D eigenvalue weighted by molar-refractivity contribution is 5.41. The molecule has 0 aliphatic carbocycles. The Bertz CT molecular complexity index is 315. The minimum Gasteiger partial charge on any atom is -0.507 e. The molecule has 0 aliphatic heterocycles. The number of benzene rings is 1. The zero-order chi connectivity index (χ0) is 11.3. The van der Waals surface area contributed by atoms with Gasteiger partial charge in [-0.25, -0.2) is 0 Å². The minimum atomic E-state index is -0.247. The van der Waals surface area contributed by atoms with Gasteiger partial charge in [-0.15, -0.1) is 0 Å². The molecular formula is C11H17NO3. The summed E-state index contributed by atoms with van der Waals surface area (Å²) in [6.07, 6.45) is 1.28. The van der Waals surface area contributed by atoms with E-state index in [1.54, 1.807) is 19.2 Å². The van der Waals surface area contributed by atoms with Gasteiger partial charge in [-0.3, -0.25) is 0 Å². The molecule has 0 aliphatic rings. The SMILES string of the molecule is COc1ccc([C@H](N)CCCO)c(O)c1. The van der Waals surface area contributed by atoms with Crippen molar-refractivity contribution in [1.82, 2.24) is 0 Å². The molecule has 0 aromatic heterocycles. The standard InChI is InChI=1S/C11H17NO3/c1-15-8-4-5-9(11(14)7-8)10(12)3-2-6-13/h4-5,7,10,13-14H,2-3,6,12H2,1H3/t10-/m1/s1. The largest absolute Gasteiger partial charge is 0.507 e. The first-order chi connectivity index (χ1) is 7.19. The van der Waals surface area contributed by atoms with Gasteiger partial charge in [-0.2, -0.15) is 0 Å². The van der Waals surface area contributed by atoms with E-state index in [2.05, 4.69) is 0 Å². The van der Waals surface area contributed by atoms with Crippen molar-refractivity contribution >= 4 is 0 Å². The van der Waals surface area contributed by atoms with Gasteiger partial charge in [0.05, 0.1) is 7.11 Å². The number of nitrogens with two attached hydrogens (primary N) is 1. The van der Waals surface area contributed by atoms with Crippen LogP contribution in [0.25, 0.3) is 0 Å². The first-order valence-electron chi connectivity index (χ1n) is 4.92. The topological polar surface area (TPSA) is 75.7 Å². The van der Waals surface area contributed by atoms with Gasteiger partial charge in [0.15, 0.2) is 0 Å². The molecule has 0 heterocycles. The summed E-state index contributed by atoms with van der Waals surface area (Å²) in [6, 6.07) is 4.79. The van der Waals surface area contributed by atoms with Crippen LogP contribution in [0.3, 0.4) is 0 Å². The third kappa shape index (κ3) is 3.11. The van der Waals surface area contributed by atoms with Gasteiger partial charge >= 0.3 is 0 Å². The predicted molar refractivity (Wildman–Crippen MR) is 57.9 cm³/mol. The molecule has 0 amide bonds. The molecule has 1 aromatic carbocycles. The summed E-state index contributed by atoms with van der Waals surface area (Å²) < 4.78 is 4.97. The van der Waals surface area contributed by atoms with E-state index in [1.165, 1.54) is 6.07 Å². The molecule has 1 rings (SSSR count). The lowest BCUT2D eigenvalue weighted by Crippen LogP contribution is -2.11. The summed E-state index contributed by atoms with van der Waals surface area (Å²) in [6.45, 7) is 0.116. The summed E-state index contributed by atoms with van der Waals surface area (Å²) in [5, 5.41) is 18.3. The van der Waals surface area contributed by atoms with Gasteiger partial charge in [-0.05, 0) is 18.9 Å². The number of phenolic OH excluding ortho intramolecular Hbond substituents is 1. The molecule has 0 radical (unpaired) electrons. The van der Waals surface area contributed by atoms with E-state index in [1.807, 2.05) is 0 Å². The highest BCUT2D eigenvalue weighted by Gasteiger charge is 2.11. The van der Waals surface area contributed by atoms with Crippen LogP contribution in [0.1, 0.15) is 24.4 Å². The van der Waals surface area contributed by atoms with E-state index < -0.39 is 0 Å². The van der Waals surface area contributed by atoms with Crippen molar-refractivity contribution in [3.63, 3.8) is 0 Å². The van der Waals surface area contributed by atoms with Crippen molar-refractivity contribution in [3.8, 4) is 11.5 Å². The molecule has 0 fully saturated rings. The second-order valence-corrected chi connectivity index (χ2v) is 3.40. The molecule has 4 nitrogen and oxygen atoms in total. The van der Waals surface area contributed by atoms with Gasteiger partial charge in [-0.1, -0.05) is 6.07 Å². The van der Waals surface area contributed by atoms with Crippen LogP contribution in [0.4, 0.5) is 0 Å². The quantitative estimate of drug-likeness (QED) is 0.683. The Kier molecular flexibility index (Phi) is 4.39. The van der Waals surface area contributed by atoms with Crippen molar-refractivity contribution in [1.29, 1.82) is 0 Å². The van der Waals surface area contributed by atoms with E-state index in [0.29, 0.717) is 24.2 Å². The molecule has 0 unspecified atom stereocenters. The van der Waals surface area contributed by atoms with Crippen molar-refractivity contribution in [2.75, 3.05) is 13.7 Å². The fourth-order valence-electron chi connectivity index (χ4n) is 1.43. The Morgan fingerprint density at radius 2 is 2.20 bits per heavy atom. The first kappa shape index (κ1) is 11.8. The van der Waals surface area contributed by atoms with Crippen LogP contribution < -0.4 is 10.5 Å². The minimum absolute atomic E-state index is 0.116. The monoisotopic (exact) mass is 211 g/mol. The van der Waals surface area contributed by atoms with E-state index in [0.717, 1.165) is 0 Å². The first-order valence-corrected chi connectivity index (χ1v) is 4.92. The average molecular weight is 211 g/mol. The third-order valence-electron chi connectivity index (χ3n) is 2.31. The Hall–Kier alpha value is -1.26. The van der Waals surface area contributed by atoms with Gasteiger partial charge in [0.25, 0.3) is 0 Å². The number of ether oxygens (including phenoxy) is 1. The second-order valence-electron chi connectivity index (χ2n) is 3.40. The number of hydrogen-bond donors (Lipinski definition) is 3. The fourth-order valence-corrected chi connectivity index (χ4v) is 1.43. The average Bonchev–Trinajstić information content (AvgIpc) is 2.25. The van der Waals surface area contributed by atoms with Crippen LogP contribution in [0.5, 0.6) is 11.5 Å². The van der Waals surface area contributed by atoms with Crippen LogP contribution in [0.2, 0.25) is 0 Å². The highest BCUT2D eigenvalue weighted by atomic mass is 16.5.